The number of hydrogen-bond donors (Lipinski definition) is 2. The van der Waals surface area contributed by atoms with Crippen LogP contribution >= 0.6 is 0 Å². The highest BCUT2D eigenvalue weighted by atomic mass is 19.1. The van der Waals surface area contributed by atoms with Crippen molar-refractivity contribution in [3.05, 3.63) is 65.7 Å². The Labute approximate surface area is 155 Å². The third-order valence-corrected chi connectivity index (χ3v) is 4.29. The molecule has 0 atom stereocenters. The van der Waals surface area contributed by atoms with Crippen molar-refractivity contribution in [2.45, 2.75) is 20.4 Å². The first-order chi connectivity index (χ1) is 13.0. The number of nitrogens with zero attached hydrogens (tertiary/aromatic N) is 3. The van der Waals surface area contributed by atoms with Gasteiger partial charge in [0.15, 0.2) is 0 Å². The Hall–Kier alpha value is -3.48. The molecule has 2 aromatic heterocycles. The molecule has 2 heterocycles. The smallest absolute Gasteiger partial charge is 0.273 e. The van der Waals surface area contributed by atoms with Crippen LogP contribution < -0.4 is 5.32 Å². The van der Waals surface area contributed by atoms with E-state index < -0.39 is 0 Å². The zero-order chi connectivity index (χ0) is 19.0. The van der Waals surface area contributed by atoms with E-state index in [0.717, 1.165) is 11.3 Å². The molecule has 0 unspecified atom stereocenters. The summed E-state index contributed by atoms with van der Waals surface area (Å²) in [6.07, 6.45) is 0. The summed E-state index contributed by atoms with van der Waals surface area (Å²) in [6, 6.07) is 13.5. The maximum atomic E-state index is 13.3. The molecule has 0 bridgehead atoms. The van der Waals surface area contributed by atoms with Gasteiger partial charge in [-0.3, -0.25) is 9.48 Å². The summed E-state index contributed by atoms with van der Waals surface area (Å²) >= 11 is 0. The highest BCUT2D eigenvalue weighted by Gasteiger charge is 2.13. The summed E-state index contributed by atoms with van der Waals surface area (Å²) in [5, 5.41) is 7.17. The first-order valence-electron chi connectivity index (χ1n) is 8.65. The number of H-pyrrole nitrogens is 1. The van der Waals surface area contributed by atoms with Gasteiger partial charge < -0.3 is 10.3 Å². The van der Waals surface area contributed by atoms with Gasteiger partial charge in [0.2, 0.25) is 0 Å². The van der Waals surface area contributed by atoms with Crippen molar-refractivity contribution in [3.8, 4) is 11.4 Å². The quantitative estimate of drug-likeness (QED) is 0.572. The predicted molar refractivity (Wildman–Crippen MR) is 102 cm³/mol. The fourth-order valence-electron chi connectivity index (χ4n) is 2.99. The van der Waals surface area contributed by atoms with Crippen LogP contribution in [0.3, 0.4) is 0 Å². The zero-order valence-electron chi connectivity index (χ0n) is 15.0. The third kappa shape index (κ3) is 3.31. The minimum Gasteiger partial charge on any atom is -0.338 e. The molecule has 0 fully saturated rings. The largest absolute Gasteiger partial charge is 0.338 e. The van der Waals surface area contributed by atoms with Crippen molar-refractivity contribution in [1.82, 2.24) is 19.7 Å². The van der Waals surface area contributed by atoms with Crippen LogP contribution in [0.5, 0.6) is 0 Å². The zero-order valence-corrected chi connectivity index (χ0v) is 15.0. The summed E-state index contributed by atoms with van der Waals surface area (Å²) in [4.78, 5) is 20.1. The number of aromatic nitrogens is 4. The Morgan fingerprint density at radius 3 is 2.70 bits per heavy atom. The molecule has 7 heteroatoms. The molecule has 0 aliphatic rings. The molecule has 0 aliphatic carbocycles. The van der Waals surface area contributed by atoms with Crippen molar-refractivity contribution >= 4 is 22.6 Å². The molecule has 2 N–H and O–H groups in total. The monoisotopic (exact) mass is 363 g/mol. The lowest BCUT2D eigenvalue weighted by atomic mass is 10.2. The number of benzene rings is 2. The number of amides is 1. The maximum absolute atomic E-state index is 13.3. The minimum absolute atomic E-state index is 0.204. The second-order valence-corrected chi connectivity index (χ2v) is 6.27. The molecule has 136 valence electrons. The van der Waals surface area contributed by atoms with Gasteiger partial charge in [-0.2, -0.15) is 5.10 Å². The van der Waals surface area contributed by atoms with Crippen molar-refractivity contribution in [1.29, 1.82) is 0 Å². The second kappa shape index (κ2) is 6.68. The Morgan fingerprint density at radius 2 is 1.96 bits per heavy atom. The molecule has 4 aromatic rings. The molecular formula is C20H18FN5O. The number of anilines is 1. The van der Waals surface area contributed by atoms with Crippen LogP contribution in [0.25, 0.3) is 22.4 Å². The summed E-state index contributed by atoms with van der Waals surface area (Å²) < 4.78 is 15.0. The summed E-state index contributed by atoms with van der Waals surface area (Å²) in [5.41, 5.74) is 4.20. The molecule has 0 radical (unpaired) electrons. The van der Waals surface area contributed by atoms with Gasteiger partial charge in [-0.25, -0.2) is 9.37 Å². The first kappa shape index (κ1) is 17.0. The Morgan fingerprint density at radius 1 is 1.19 bits per heavy atom. The predicted octanol–water partition coefficient (Wildman–Crippen LogP) is 4.15. The average molecular weight is 363 g/mol. The first-order valence-corrected chi connectivity index (χ1v) is 8.65. The molecule has 2 aromatic carbocycles. The van der Waals surface area contributed by atoms with E-state index in [1.54, 1.807) is 28.9 Å². The van der Waals surface area contributed by atoms with Gasteiger partial charge in [0.05, 0.1) is 16.7 Å². The van der Waals surface area contributed by atoms with Crippen molar-refractivity contribution in [2.24, 2.45) is 0 Å². The number of carbonyl (C=O) groups is 1. The molecule has 0 aliphatic heterocycles. The highest BCUT2D eigenvalue weighted by Crippen LogP contribution is 2.23. The Bertz CT molecular complexity index is 1130. The van der Waals surface area contributed by atoms with Crippen molar-refractivity contribution in [2.75, 3.05) is 5.32 Å². The van der Waals surface area contributed by atoms with Crippen LogP contribution in [0.4, 0.5) is 10.1 Å². The van der Waals surface area contributed by atoms with Crippen LogP contribution in [0, 0.1) is 12.7 Å². The van der Waals surface area contributed by atoms with E-state index >= 15 is 0 Å². The molecule has 4 rings (SSSR count). The molecule has 0 saturated heterocycles. The van der Waals surface area contributed by atoms with Gasteiger partial charge in [0.1, 0.15) is 17.3 Å². The summed E-state index contributed by atoms with van der Waals surface area (Å²) in [6.45, 7) is 4.43. The average Bonchev–Trinajstić information content (AvgIpc) is 3.25. The number of hydrogen-bond acceptors (Lipinski definition) is 3. The minimum atomic E-state index is -0.308. The van der Waals surface area contributed by atoms with Crippen molar-refractivity contribution < 1.29 is 9.18 Å². The van der Waals surface area contributed by atoms with E-state index in [1.807, 2.05) is 26.0 Å². The van der Waals surface area contributed by atoms with Crippen LogP contribution in [0.1, 0.15) is 23.1 Å². The van der Waals surface area contributed by atoms with Gasteiger partial charge in [0.25, 0.3) is 5.91 Å². The lowest BCUT2D eigenvalue weighted by Crippen LogP contribution is -2.17. The number of aromatic amines is 1. The summed E-state index contributed by atoms with van der Waals surface area (Å²) in [7, 11) is 0. The molecule has 0 saturated carbocycles. The van der Waals surface area contributed by atoms with Gasteiger partial charge in [-0.1, -0.05) is 0 Å². The number of nitrogens with one attached hydrogen (secondary N) is 2. The van der Waals surface area contributed by atoms with Gasteiger partial charge >= 0.3 is 0 Å². The van der Waals surface area contributed by atoms with E-state index in [2.05, 4.69) is 20.4 Å². The van der Waals surface area contributed by atoms with Crippen LogP contribution in [0.2, 0.25) is 0 Å². The van der Waals surface area contributed by atoms with Crippen LogP contribution in [0.15, 0.2) is 48.5 Å². The van der Waals surface area contributed by atoms with Gasteiger partial charge in [0, 0.05) is 17.8 Å². The third-order valence-electron chi connectivity index (χ3n) is 4.29. The normalized spacial score (nSPS) is 11.1. The molecule has 6 nitrogen and oxygen atoms in total. The molecule has 27 heavy (non-hydrogen) atoms. The van der Waals surface area contributed by atoms with Crippen LogP contribution in [-0.2, 0) is 6.54 Å². The Kier molecular flexibility index (Phi) is 4.19. The lowest BCUT2D eigenvalue weighted by molar-refractivity contribution is 0.101. The Balaban J connectivity index is 1.55. The van der Waals surface area contributed by atoms with E-state index in [1.165, 1.54) is 12.1 Å². The number of rotatable bonds is 4. The van der Waals surface area contributed by atoms with E-state index in [4.69, 9.17) is 0 Å². The molecular weight excluding hydrogens is 345 g/mol. The molecule has 1 amide bonds. The summed E-state index contributed by atoms with van der Waals surface area (Å²) in [5.74, 6) is 0.134. The van der Waals surface area contributed by atoms with E-state index in [0.29, 0.717) is 34.8 Å². The maximum Gasteiger partial charge on any atom is 0.273 e. The van der Waals surface area contributed by atoms with E-state index in [9.17, 15) is 9.18 Å². The fraction of sp³-hybridized carbons (Fsp3) is 0.150. The molecule has 0 spiro atoms. The number of carbonyl (C=O) groups excluding carboxylic acids is 1. The standard InChI is InChI=1S/C20H18FN5O/c1-3-26-18(10-12(2)25-26)20(27)22-15-7-4-13(5-8-15)19-23-16-9-6-14(21)11-17(16)24-19/h4-11H,3H2,1-2H3,(H,22,27)(H,23,24). The highest BCUT2D eigenvalue weighted by molar-refractivity contribution is 6.03. The number of fused-ring (bicyclic) bond motifs is 1. The van der Waals surface area contributed by atoms with Gasteiger partial charge in [-0.05, 0) is 62.4 Å². The topological polar surface area (TPSA) is 75.6 Å². The van der Waals surface area contributed by atoms with Crippen molar-refractivity contribution in [3.63, 3.8) is 0 Å². The van der Waals surface area contributed by atoms with Crippen LogP contribution in [-0.4, -0.2) is 25.7 Å². The number of imidazole rings is 1. The second-order valence-electron chi connectivity index (χ2n) is 6.27. The van der Waals surface area contributed by atoms with E-state index in [-0.39, 0.29) is 11.7 Å². The number of halogens is 1. The lowest BCUT2D eigenvalue weighted by Gasteiger charge is -2.07. The number of aryl methyl sites for hydroxylation is 2. The fourth-order valence-corrected chi connectivity index (χ4v) is 2.99. The van der Waals surface area contributed by atoms with Gasteiger partial charge in [-0.15, -0.1) is 0 Å². The SMILES string of the molecule is CCn1nc(C)cc1C(=O)Nc1ccc(-c2nc3ccc(F)cc3[nH]2)cc1.